The molecule has 0 saturated heterocycles. The van der Waals surface area contributed by atoms with Crippen LogP contribution in [0.5, 0.6) is 0 Å². The summed E-state index contributed by atoms with van der Waals surface area (Å²) in [5.41, 5.74) is 0.867. The molecule has 0 amide bonds. The van der Waals surface area contributed by atoms with Gasteiger partial charge in [-0.15, -0.1) is 0 Å². The van der Waals surface area contributed by atoms with Crippen LogP contribution in [0.3, 0.4) is 0 Å². The predicted molar refractivity (Wildman–Crippen MR) is 77.4 cm³/mol. The van der Waals surface area contributed by atoms with Gasteiger partial charge in [0.05, 0.1) is 4.90 Å². The third-order valence-corrected chi connectivity index (χ3v) is 5.96. The van der Waals surface area contributed by atoms with Gasteiger partial charge in [0, 0.05) is 17.6 Å². The molecule has 1 fully saturated rings. The van der Waals surface area contributed by atoms with Crippen molar-refractivity contribution in [3.63, 3.8) is 0 Å². The first-order valence-corrected chi connectivity index (χ1v) is 8.53. The van der Waals surface area contributed by atoms with E-state index in [9.17, 15) is 8.42 Å². The number of sulfonamides is 1. The molecule has 2 N–H and O–H groups in total. The SMILES string of the molecule is Cc1cc(S(=O)(=O)NCC2(CCO)CC2)ccc1Br. The Hall–Kier alpha value is -0.430. The second-order valence-electron chi connectivity index (χ2n) is 5.21. The molecule has 0 aliphatic heterocycles. The Morgan fingerprint density at radius 3 is 2.63 bits per heavy atom. The van der Waals surface area contributed by atoms with Gasteiger partial charge in [0.25, 0.3) is 0 Å². The van der Waals surface area contributed by atoms with Crippen molar-refractivity contribution in [2.24, 2.45) is 5.41 Å². The van der Waals surface area contributed by atoms with Crippen LogP contribution >= 0.6 is 15.9 Å². The molecular weight excluding hydrogens is 330 g/mol. The molecule has 4 nitrogen and oxygen atoms in total. The third-order valence-electron chi connectivity index (χ3n) is 3.68. The highest BCUT2D eigenvalue weighted by Gasteiger charge is 2.42. The van der Waals surface area contributed by atoms with Crippen molar-refractivity contribution in [1.82, 2.24) is 4.72 Å². The second kappa shape index (κ2) is 5.52. The fourth-order valence-electron chi connectivity index (χ4n) is 2.04. The third kappa shape index (κ3) is 3.56. The number of hydrogen-bond acceptors (Lipinski definition) is 3. The number of halogens is 1. The fourth-order valence-corrected chi connectivity index (χ4v) is 3.53. The smallest absolute Gasteiger partial charge is 0.240 e. The summed E-state index contributed by atoms with van der Waals surface area (Å²) >= 11 is 3.35. The predicted octanol–water partition coefficient (Wildman–Crippen LogP) is 2.20. The van der Waals surface area contributed by atoms with Gasteiger partial charge in [0.2, 0.25) is 10.0 Å². The summed E-state index contributed by atoms with van der Waals surface area (Å²) in [4.78, 5) is 0.285. The number of nitrogens with one attached hydrogen (secondary N) is 1. The van der Waals surface area contributed by atoms with E-state index >= 15 is 0 Å². The zero-order valence-corrected chi connectivity index (χ0v) is 13.2. The average Bonchev–Trinajstić information content (AvgIpc) is 3.11. The van der Waals surface area contributed by atoms with Crippen LogP contribution in [0, 0.1) is 12.3 Å². The standard InChI is InChI=1S/C13H18BrNO3S/c1-10-8-11(2-3-12(10)14)19(17,18)15-9-13(4-5-13)6-7-16/h2-3,8,15-16H,4-7,9H2,1H3. The molecule has 6 heteroatoms. The summed E-state index contributed by atoms with van der Waals surface area (Å²) in [6, 6.07) is 4.98. The summed E-state index contributed by atoms with van der Waals surface area (Å²) in [5, 5.41) is 8.97. The maximum absolute atomic E-state index is 12.2. The van der Waals surface area contributed by atoms with Gasteiger partial charge < -0.3 is 5.11 Å². The lowest BCUT2D eigenvalue weighted by Gasteiger charge is -2.15. The Balaban J connectivity index is 2.08. The van der Waals surface area contributed by atoms with E-state index in [1.165, 1.54) is 0 Å². The van der Waals surface area contributed by atoms with Crippen molar-refractivity contribution in [2.75, 3.05) is 13.2 Å². The van der Waals surface area contributed by atoms with E-state index in [4.69, 9.17) is 5.11 Å². The van der Waals surface area contributed by atoms with Crippen LogP contribution in [0.1, 0.15) is 24.8 Å². The number of aliphatic hydroxyl groups excluding tert-OH is 1. The summed E-state index contributed by atoms with van der Waals surface area (Å²) in [6.45, 7) is 2.38. The molecule has 0 aromatic heterocycles. The molecule has 0 atom stereocenters. The molecule has 0 spiro atoms. The Morgan fingerprint density at radius 1 is 1.42 bits per heavy atom. The van der Waals surface area contributed by atoms with Crippen LogP contribution in [-0.2, 0) is 10.0 Å². The highest BCUT2D eigenvalue weighted by atomic mass is 79.9. The van der Waals surface area contributed by atoms with Crippen LogP contribution in [0.25, 0.3) is 0 Å². The molecule has 0 radical (unpaired) electrons. The summed E-state index contributed by atoms with van der Waals surface area (Å²) in [6.07, 6.45) is 2.62. The summed E-state index contributed by atoms with van der Waals surface area (Å²) in [7, 11) is -3.46. The van der Waals surface area contributed by atoms with Crippen molar-refractivity contribution >= 4 is 26.0 Å². The van der Waals surface area contributed by atoms with E-state index in [2.05, 4.69) is 20.7 Å². The fraction of sp³-hybridized carbons (Fsp3) is 0.538. The molecule has 1 aliphatic carbocycles. The molecular formula is C13H18BrNO3S. The van der Waals surface area contributed by atoms with Crippen LogP contribution in [0.2, 0.25) is 0 Å². The second-order valence-corrected chi connectivity index (χ2v) is 7.83. The Morgan fingerprint density at radius 2 is 2.11 bits per heavy atom. The van der Waals surface area contributed by atoms with Gasteiger partial charge in [-0.1, -0.05) is 15.9 Å². The molecule has 2 rings (SSSR count). The van der Waals surface area contributed by atoms with E-state index in [-0.39, 0.29) is 16.9 Å². The number of aliphatic hydroxyl groups is 1. The largest absolute Gasteiger partial charge is 0.396 e. The minimum Gasteiger partial charge on any atom is -0.396 e. The van der Waals surface area contributed by atoms with Gasteiger partial charge >= 0.3 is 0 Å². The molecule has 0 bridgehead atoms. The Bertz CT molecular complexity index is 567. The first-order chi connectivity index (χ1) is 8.88. The topological polar surface area (TPSA) is 66.4 Å². The Labute approximate surface area is 122 Å². The lowest BCUT2D eigenvalue weighted by molar-refractivity contribution is 0.249. The number of hydrogen-bond donors (Lipinski definition) is 2. The maximum Gasteiger partial charge on any atom is 0.240 e. The molecule has 1 aliphatic rings. The molecule has 1 aromatic carbocycles. The van der Waals surface area contributed by atoms with Crippen LogP contribution in [-0.4, -0.2) is 26.7 Å². The van der Waals surface area contributed by atoms with Crippen molar-refractivity contribution in [3.05, 3.63) is 28.2 Å². The Kier molecular flexibility index (Phi) is 4.35. The van der Waals surface area contributed by atoms with Crippen molar-refractivity contribution in [2.45, 2.75) is 31.1 Å². The lowest BCUT2D eigenvalue weighted by atomic mass is 10.0. The zero-order valence-electron chi connectivity index (χ0n) is 10.8. The van der Waals surface area contributed by atoms with Crippen molar-refractivity contribution in [3.8, 4) is 0 Å². The minimum absolute atomic E-state index is 0.0216. The van der Waals surface area contributed by atoms with Gasteiger partial charge in [0.15, 0.2) is 0 Å². The molecule has 1 aromatic rings. The van der Waals surface area contributed by atoms with Gasteiger partial charge in [0.1, 0.15) is 0 Å². The molecule has 1 saturated carbocycles. The van der Waals surface area contributed by atoms with Crippen molar-refractivity contribution in [1.29, 1.82) is 0 Å². The minimum atomic E-state index is -3.46. The zero-order chi connectivity index (χ0) is 14.1. The molecule has 19 heavy (non-hydrogen) atoms. The van der Waals surface area contributed by atoms with E-state index in [0.29, 0.717) is 13.0 Å². The number of aryl methyl sites for hydroxylation is 1. The highest BCUT2D eigenvalue weighted by molar-refractivity contribution is 9.10. The van der Waals surface area contributed by atoms with Gasteiger partial charge in [-0.2, -0.15) is 0 Å². The number of benzene rings is 1. The summed E-state index contributed by atoms with van der Waals surface area (Å²) in [5.74, 6) is 0. The molecule has 0 unspecified atom stereocenters. The monoisotopic (exact) mass is 347 g/mol. The van der Waals surface area contributed by atoms with Crippen LogP contribution in [0.4, 0.5) is 0 Å². The van der Waals surface area contributed by atoms with Crippen LogP contribution in [0.15, 0.2) is 27.6 Å². The first-order valence-electron chi connectivity index (χ1n) is 6.25. The normalized spacial score (nSPS) is 17.4. The highest BCUT2D eigenvalue weighted by Crippen LogP contribution is 2.48. The van der Waals surface area contributed by atoms with Crippen LogP contribution < -0.4 is 4.72 Å². The van der Waals surface area contributed by atoms with E-state index in [0.717, 1.165) is 22.9 Å². The first kappa shape index (κ1) is 15.0. The quantitative estimate of drug-likeness (QED) is 0.828. The van der Waals surface area contributed by atoms with E-state index < -0.39 is 10.0 Å². The van der Waals surface area contributed by atoms with Gasteiger partial charge in [-0.05, 0) is 55.4 Å². The molecule has 106 valence electrons. The van der Waals surface area contributed by atoms with E-state index in [1.54, 1.807) is 18.2 Å². The van der Waals surface area contributed by atoms with Gasteiger partial charge in [-0.3, -0.25) is 0 Å². The summed E-state index contributed by atoms with van der Waals surface area (Å²) < 4.78 is 27.9. The maximum atomic E-state index is 12.2. The number of rotatable bonds is 6. The molecule has 0 heterocycles. The lowest BCUT2D eigenvalue weighted by Crippen LogP contribution is -2.30. The van der Waals surface area contributed by atoms with Crippen molar-refractivity contribution < 1.29 is 13.5 Å². The average molecular weight is 348 g/mol. The van der Waals surface area contributed by atoms with E-state index in [1.807, 2.05) is 6.92 Å². The van der Waals surface area contributed by atoms with Gasteiger partial charge in [-0.25, -0.2) is 13.1 Å².